The van der Waals surface area contributed by atoms with Crippen molar-refractivity contribution in [2.75, 3.05) is 18.2 Å². The number of rotatable bonds is 8. The second-order valence-corrected chi connectivity index (χ2v) is 8.96. The molecule has 0 fully saturated rings. The molecular formula is C24H24ClN5O3S. The molecule has 8 nitrogen and oxygen atoms in total. The topological polar surface area (TPSA) is 91.0 Å². The van der Waals surface area contributed by atoms with Crippen molar-refractivity contribution in [1.29, 1.82) is 0 Å². The van der Waals surface area contributed by atoms with Crippen LogP contribution < -0.4 is 15.6 Å². The van der Waals surface area contributed by atoms with E-state index in [0.29, 0.717) is 44.9 Å². The summed E-state index contributed by atoms with van der Waals surface area (Å²) in [4.78, 5) is 30.9. The lowest BCUT2D eigenvalue weighted by Crippen LogP contribution is -2.26. The van der Waals surface area contributed by atoms with Crippen LogP contribution in [0.25, 0.3) is 11.0 Å². The van der Waals surface area contributed by atoms with E-state index >= 15 is 0 Å². The zero-order valence-electron chi connectivity index (χ0n) is 19.0. The van der Waals surface area contributed by atoms with E-state index in [2.05, 4.69) is 10.4 Å². The van der Waals surface area contributed by atoms with E-state index in [4.69, 9.17) is 21.3 Å². The molecule has 2 aromatic carbocycles. The second-order valence-electron chi connectivity index (χ2n) is 7.58. The third-order valence-electron chi connectivity index (χ3n) is 5.22. The van der Waals surface area contributed by atoms with Crippen molar-refractivity contribution < 1.29 is 9.53 Å². The molecule has 176 valence electrons. The Morgan fingerprint density at radius 2 is 1.97 bits per heavy atom. The number of carbonyl (C=O) groups is 1. The highest BCUT2D eigenvalue weighted by atomic mass is 35.5. The van der Waals surface area contributed by atoms with Crippen LogP contribution in [0.15, 0.2) is 58.5 Å². The Morgan fingerprint density at radius 3 is 2.68 bits per heavy atom. The number of carbonyl (C=O) groups excluding carboxylic acids is 1. The zero-order chi connectivity index (χ0) is 24.2. The summed E-state index contributed by atoms with van der Waals surface area (Å²) >= 11 is 7.11. The van der Waals surface area contributed by atoms with Crippen LogP contribution in [0.4, 0.5) is 5.69 Å². The first-order valence-electron chi connectivity index (χ1n) is 10.7. The van der Waals surface area contributed by atoms with Gasteiger partial charge in [-0.15, -0.1) is 0 Å². The quantitative estimate of drug-likeness (QED) is 0.287. The number of anilines is 1. The summed E-state index contributed by atoms with van der Waals surface area (Å²) in [5.74, 6) is 0.570. The Hall–Kier alpha value is -3.30. The van der Waals surface area contributed by atoms with Crippen LogP contribution in [0.5, 0.6) is 5.75 Å². The van der Waals surface area contributed by atoms with Gasteiger partial charge in [0, 0.05) is 17.3 Å². The molecule has 0 bridgehead atoms. The van der Waals surface area contributed by atoms with Gasteiger partial charge in [-0.25, -0.2) is 4.98 Å². The van der Waals surface area contributed by atoms with E-state index in [1.807, 2.05) is 38.1 Å². The number of hydrogen-bond donors (Lipinski definition) is 1. The minimum atomic E-state index is -0.212. The van der Waals surface area contributed by atoms with Gasteiger partial charge >= 0.3 is 0 Å². The Labute approximate surface area is 205 Å². The fourth-order valence-corrected chi connectivity index (χ4v) is 4.50. The summed E-state index contributed by atoms with van der Waals surface area (Å²) in [5.41, 5.74) is 3.01. The smallest absolute Gasteiger partial charge is 0.280 e. The fourth-order valence-electron chi connectivity index (χ4n) is 3.58. The molecule has 0 aliphatic carbocycles. The zero-order valence-corrected chi connectivity index (χ0v) is 20.6. The second kappa shape index (κ2) is 10.3. The molecule has 0 saturated carbocycles. The van der Waals surface area contributed by atoms with Gasteiger partial charge in [0.15, 0.2) is 10.7 Å². The number of fused-ring (bicyclic) bond motifs is 1. The minimum Gasteiger partial charge on any atom is -0.497 e. The summed E-state index contributed by atoms with van der Waals surface area (Å²) in [5, 5.41) is 8.34. The van der Waals surface area contributed by atoms with E-state index in [0.717, 1.165) is 5.56 Å². The fraction of sp³-hybridized carbons (Fsp3) is 0.250. The Kier molecular flexibility index (Phi) is 7.23. The summed E-state index contributed by atoms with van der Waals surface area (Å²) in [6.07, 6.45) is 0. The van der Waals surface area contributed by atoms with Gasteiger partial charge in [0.25, 0.3) is 5.56 Å². The van der Waals surface area contributed by atoms with Gasteiger partial charge in [-0.05, 0) is 55.8 Å². The predicted octanol–water partition coefficient (Wildman–Crippen LogP) is 4.36. The van der Waals surface area contributed by atoms with Crippen molar-refractivity contribution in [2.45, 2.75) is 32.1 Å². The number of aryl methyl sites for hydroxylation is 2. The molecule has 34 heavy (non-hydrogen) atoms. The molecule has 0 spiro atoms. The minimum absolute atomic E-state index is 0.0830. The number of benzene rings is 2. The maximum Gasteiger partial charge on any atom is 0.280 e. The summed E-state index contributed by atoms with van der Waals surface area (Å²) in [7, 11) is 1.60. The molecule has 2 heterocycles. The predicted molar refractivity (Wildman–Crippen MR) is 135 cm³/mol. The lowest BCUT2D eigenvalue weighted by Gasteiger charge is -2.13. The average molecular weight is 498 g/mol. The number of aromatic nitrogens is 4. The number of nitrogens with zero attached hydrogens (tertiary/aromatic N) is 4. The van der Waals surface area contributed by atoms with Gasteiger partial charge in [0.2, 0.25) is 5.91 Å². The van der Waals surface area contributed by atoms with Gasteiger partial charge in [-0.3, -0.25) is 18.8 Å². The first kappa shape index (κ1) is 23.8. The van der Waals surface area contributed by atoms with Crippen LogP contribution in [0.2, 0.25) is 5.02 Å². The maximum absolute atomic E-state index is 13.6. The number of methoxy groups -OCH3 is 1. The molecule has 0 aliphatic rings. The average Bonchev–Trinajstić information content (AvgIpc) is 3.17. The summed E-state index contributed by atoms with van der Waals surface area (Å²) in [6, 6.07) is 14.4. The molecule has 1 N–H and O–H groups in total. The van der Waals surface area contributed by atoms with Gasteiger partial charge in [0.05, 0.1) is 25.1 Å². The van der Waals surface area contributed by atoms with Crippen LogP contribution in [-0.4, -0.2) is 38.1 Å². The van der Waals surface area contributed by atoms with Crippen LogP contribution >= 0.6 is 23.4 Å². The lowest BCUT2D eigenvalue weighted by atomic mass is 10.2. The van der Waals surface area contributed by atoms with Crippen LogP contribution in [-0.2, 0) is 17.9 Å². The van der Waals surface area contributed by atoms with Crippen molar-refractivity contribution in [3.63, 3.8) is 0 Å². The van der Waals surface area contributed by atoms with Gasteiger partial charge in [-0.1, -0.05) is 35.5 Å². The number of hydrogen-bond acceptors (Lipinski definition) is 6. The van der Waals surface area contributed by atoms with Crippen molar-refractivity contribution in [3.05, 3.63) is 75.2 Å². The van der Waals surface area contributed by atoms with E-state index in [-0.39, 0.29) is 23.8 Å². The molecule has 0 radical (unpaired) electrons. The summed E-state index contributed by atoms with van der Waals surface area (Å²) in [6.45, 7) is 4.60. The molecule has 10 heteroatoms. The number of halogens is 1. The molecule has 4 rings (SSSR count). The molecule has 0 aliphatic heterocycles. The van der Waals surface area contributed by atoms with Crippen LogP contribution in [0.1, 0.15) is 18.2 Å². The molecule has 0 unspecified atom stereocenters. The lowest BCUT2D eigenvalue weighted by molar-refractivity contribution is -0.113. The Morgan fingerprint density at radius 1 is 1.21 bits per heavy atom. The molecule has 4 aromatic rings. The molecule has 1 amide bonds. The monoisotopic (exact) mass is 497 g/mol. The molecule has 0 saturated heterocycles. The molecule has 2 aromatic heterocycles. The van der Waals surface area contributed by atoms with E-state index < -0.39 is 0 Å². The number of amides is 1. The Bertz CT molecular complexity index is 1400. The van der Waals surface area contributed by atoms with Crippen molar-refractivity contribution in [2.24, 2.45) is 0 Å². The first-order valence-corrected chi connectivity index (χ1v) is 12.0. The van der Waals surface area contributed by atoms with Crippen LogP contribution in [0.3, 0.4) is 0 Å². The Balaban J connectivity index is 1.67. The molecule has 0 atom stereocenters. The van der Waals surface area contributed by atoms with E-state index in [1.165, 1.54) is 11.8 Å². The van der Waals surface area contributed by atoms with Crippen LogP contribution in [0, 0.1) is 6.92 Å². The largest absolute Gasteiger partial charge is 0.497 e. The normalized spacial score (nSPS) is 11.1. The highest BCUT2D eigenvalue weighted by Gasteiger charge is 2.19. The van der Waals surface area contributed by atoms with E-state index in [9.17, 15) is 9.59 Å². The van der Waals surface area contributed by atoms with Gasteiger partial charge in [0.1, 0.15) is 11.3 Å². The molecular weight excluding hydrogens is 474 g/mol. The maximum atomic E-state index is 13.6. The van der Waals surface area contributed by atoms with Crippen molar-refractivity contribution in [3.8, 4) is 5.75 Å². The van der Waals surface area contributed by atoms with Gasteiger partial charge < -0.3 is 10.1 Å². The highest BCUT2D eigenvalue weighted by Crippen LogP contribution is 2.22. The summed E-state index contributed by atoms with van der Waals surface area (Å²) < 4.78 is 8.58. The SMILES string of the molecule is CCn1nc(C)c2nc(SCC(=O)Nc3ccc(Cl)cc3)n(Cc3cccc(OC)c3)c(=O)c21. The van der Waals surface area contributed by atoms with Gasteiger partial charge in [-0.2, -0.15) is 5.10 Å². The third-order valence-corrected chi connectivity index (χ3v) is 6.45. The van der Waals surface area contributed by atoms with Crippen molar-refractivity contribution >= 4 is 46.0 Å². The highest BCUT2D eigenvalue weighted by molar-refractivity contribution is 7.99. The number of ether oxygens (including phenoxy) is 1. The third kappa shape index (κ3) is 5.10. The first-order chi connectivity index (χ1) is 16.4. The standard InChI is InChI=1S/C24H24ClN5O3S/c1-4-30-22-21(15(2)28-30)27-24(34-14-20(31)26-18-10-8-17(25)9-11-18)29(23(22)32)13-16-6-5-7-19(12-16)33-3/h5-12H,4,13-14H2,1-3H3,(H,26,31). The number of thioether (sulfide) groups is 1. The van der Waals surface area contributed by atoms with E-state index in [1.54, 1.807) is 40.6 Å². The number of nitrogens with one attached hydrogen (secondary N) is 1. The van der Waals surface area contributed by atoms with Crippen molar-refractivity contribution in [1.82, 2.24) is 19.3 Å².